The van der Waals surface area contributed by atoms with Gasteiger partial charge in [0.05, 0.1) is 7.11 Å². The van der Waals surface area contributed by atoms with E-state index < -0.39 is 0 Å². The van der Waals surface area contributed by atoms with Crippen molar-refractivity contribution < 1.29 is 9.53 Å². The van der Waals surface area contributed by atoms with E-state index in [0.717, 1.165) is 36.5 Å². The van der Waals surface area contributed by atoms with E-state index in [-0.39, 0.29) is 5.78 Å². The molecule has 0 radical (unpaired) electrons. The number of allylic oxidation sites excluding steroid dienone is 1. The number of hydrogen-bond acceptors (Lipinski definition) is 4. The standard InChI is InChI=1S/C21H26N2O2/c1-23(2)14-13-22-16-18-5-4-6-19(15-18)21(24)12-9-17-7-10-20(25-3)11-8-17/h4-12,15,22H,13-14,16H2,1-3H3/b12-9+. The second-order valence-electron chi connectivity index (χ2n) is 6.15. The van der Waals surface area contributed by atoms with E-state index >= 15 is 0 Å². The van der Waals surface area contributed by atoms with Crippen molar-refractivity contribution in [2.75, 3.05) is 34.3 Å². The van der Waals surface area contributed by atoms with Crippen LogP contribution in [0.1, 0.15) is 21.5 Å². The van der Waals surface area contributed by atoms with Crippen LogP contribution in [0, 0.1) is 0 Å². The number of carbonyl (C=O) groups is 1. The van der Waals surface area contributed by atoms with Crippen molar-refractivity contribution in [3.8, 4) is 5.75 Å². The summed E-state index contributed by atoms with van der Waals surface area (Å²) in [5.41, 5.74) is 2.79. The average Bonchev–Trinajstić information content (AvgIpc) is 2.64. The molecule has 2 aromatic rings. The maximum atomic E-state index is 12.4. The first-order valence-corrected chi connectivity index (χ1v) is 8.39. The second kappa shape index (κ2) is 9.77. The quantitative estimate of drug-likeness (QED) is 0.433. The lowest BCUT2D eigenvalue weighted by Crippen LogP contribution is -2.26. The Bertz CT molecular complexity index is 706. The summed E-state index contributed by atoms with van der Waals surface area (Å²) in [6.45, 7) is 2.67. The summed E-state index contributed by atoms with van der Waals surface area (Å²) < 4.78 is 5.13. The molecule has 0 atom stereocenters. The maximum Gasteiger partial charge on any atom is 0.185 e. The van der Waals surface area contributed by atoms with Crippen LogP contribution >= 0.6 is 0 Å². The Morgan fingerprint density at radius 1 is 1.16 bits per heavy atom. The van der Waals surface area contributed by atoms with E-state index in [9.17, 15) is 4.79 Å². The SMILES string of the molecule is COc1ccc(/C=C/C(=O)c2cccc(CNCCN(C)C)c2)cc1. The zero-order valence-electron chi connectivity index (χ0n) is 15.2. The third-order valence-corrected chi connectivity index (χ3v) is 3.82. The Kier molecular flexibility index (Phi) is 7.38. The third kappa shape index (κ3) is 6.53. The first-order valence-electron chi connectivity index (χ1n) is 8.39. The van der Waals surface area contributed by atoms with Gasteiger partial charge in [-0.2, -0.15) is 0 Å². The number of nitrogens with one attached hydrogen (secondary N) is 1. The number of carbonyl (C=O) groups excluding carboxylic acids is 1. The van der Waals surface area contributed by atoms with Crippen LogP contribution in [0.3, 0.4) is 0 Å². The minimum atomic E-state index is 0.00552. The van der Waals surface area contributed by atoms with Crippen molar-refractivity contribution in [1.29, 1.82) is 0 Å². The second-order valence-corrected chi connectivity index (χ2v) is 6.15. The summed E-state index contributed by atoms with van der Waals surface area (Å²) in [5, 5.41) is 3.38. The molecule has 0 heterocycles. The molecule has 0 aromatic heterocycles. The zero-order valence-corrected chi connectivity index (χ0v) is 15.2. The third-order valence-electron chi connectivity index (χ3n) is 3.82. The van der Waals surface area contributed by atoms with Crippen molar-refractivity contribution in [3.63, 3.8) is 0 Å². The van der Waals surface area contributed by atoms with E-state index in [2.05, 4.69) is 24.3 Å². The summed E-state index contributed by atoms with van der Waals surface area (Å²) >= 11 is 0. The van der Waals surface area contributed by atoms with E-state index in [1.165, 1.54) is 0 Å². The molecule has 0 spiro atoms. The predicted octanol–water partition coefficient (Wildman–Crippen LogP) is 3.24. The molecule has 0 amide bonds. The molecule has 2 aromatic carbocycles. The molecular formula is C21H26N2O2. The summed E-state index contributed by atoms with van der Waals surface area (Å²) in [6.07, 6.45) is 3.43. The van der Waals surface area contributed by atoms with Gasteiger partial charge < -0.3 is 15.0 Å². The van der Waals surface area contributed by atoms with E-state index in [0.29, 0.717) is 5.56 Å². The van der Waals surface area contributed by atoms with Gasteiger partial charge in [-0.05, 0) is 49.5 Å². The Balaban J connectivity index is 1.94. The molecule has 0 saturated heterocycles. The fourth-order valence-electron chi connectivity index (χ4n) is 2.35. The van der Waals surface area contributed by atoms with Gasteiger partial charge in [-0.25, -0.2) is 0 Å². The van der Waals surface area contributed by atoms with Gasteiger partial charge in [-0.1, -0.05) is 36.4 Å². The lowest BCUT2D eigenvalue weighted by atomic mass is 10.1. The van der Waals surface area contributed by atoms with Crippen molar-refractivity contribution in [3.05, 3.63) is 71.3 Å². The molecular weight excluding hydrogens is 312 g/mol. The predicted molar refractivity (Wildman–Crippen MR) is 103 cm³/mol. The highest BCUT2D eigenvalue weighted by atomic mass is 16.5. The van der Waals surface area contributed by atoms with Gasteiger partial charge in [0.2, 0.25) is 0 Å². The maximum absolute atomic E-state index is 12.4. The van der Waals surface area contributed by atoms with Gasteiger partial charge in [0.15, 0.2) is 5.78 Å². The molecule has 0 aliphatic heterocycles. The molecule has 25 heavy (non-hydrogen) atoms. The van der Waals surface area contributed by atoms with Crippen LogP contribution < -0.4 is 10.1 Å². The van der Waals surface area contributed by atoms with Crippen LogP contribution in [0.5, 0.6) is 5.75 Å². The highest BCUT2D eigenvalue weighted by Gasteiger charge is 2.03. The number of likely N-dealkylation sites (N-methyl/N-ethyl adjacent to an activating group) is 1. The van der Waals surface area contributed by atoms with Crippen molar-refractivity contribution in [2.24, 2.45) is 0 Å². The molecule has 1 N–H and O–H groups in total. The number of ether oxygens (including phenoxy) is 1. The molecule has 4 nitrogen and oxygen atoms in total. The lowest BCUT2D eigenvalue weighted by Gasteiger charge is -2.10. The minimum absolute atomic E-state index is 0.00552. The molecule has 2 rings (SSSR count). The highest BCUT2D eigenvalue weighted by molar-refractivity contribution is 6.06. The topological polar surface area (TPSA) is 41.6 Å². The summed E-state index contributed by atoms with van der Waals surface area (Å²) in [5.74, 6) is 0.809. The monoisotopic (exact) mass is 338 g/mol. The summed E-state index contributed by atoms with van der Waals surface area (Å²) in [4.78, 5) is 14.5. The molecule has 4 heteroatoms. The molecule has 0 aliphatic rings. The average molecular weight is 338 g/mol. The number of hydrogen-bond donors (Lipinski definition) is 1. The lowest BCUT2D eigenvalue weighted by molar-refractivity contribution is 0.104. The van der Waals surface area contributed by atoms with Crippen molar-refractivity contribution >= 4 is 11.9 Å². The van der Waals surface area contributed by atoms with Gasteiger partial charge in [0.1, 0.15) is 5.75 Å². The van der Waals surface area contributed by atoms with Crippen LogP contribution in [0.15, 0.2) is 54.6 Å². The Labute approximate surface area is 150 Å². The minimum Gasteiger partial charge on any atom is -0.497 e. The smallest absolute Gasteiger partial charge is 0.185 e. The van der Waals surface area contributed by atoms with Crippen LogP contribution in [-0.4, -0.2) is 45.0 Å². The summed E-state index contributed by atoms with van der Waals surface area (Å²) in [7, 11) is 5.74. The molecule has 0 aliphatic carbocycles. The first-order chi connectivity index (χ1) is 12.1. The van der Waals surface area contributed by atoms with Gasteiger partial charge in [-0.3, -0.25) is 4.79 Å². The van der Waals surface area contributed by atoms with Gasteiger partial charge >= 0.3 is 0 Å². The van der Waals surface area contributed by atoms with Crippen LogP contribution in [0.4, 0.5) is 0 Å². The normalized spacial score (nSPS) is 11.2. The number of rotatable bonds is 9. The number of methoxy groups -OCH3 is 1. The van der Waals surface area contributed by atoms with Crippen LogP contribution in [-0.2, 0) is 6.54 Å². The molecule has 132 valence electrons. The fraction of sp³-hybridized carbons (Fsp3) is 0.286. The Morgan fingerprint density at radius 2 is 1.92 bits per heavy atom. The van der Waals surface area contributed by atoms with Crippen LogP contribution in [0.2, 0.25) is 0 Å². The van der Waals surface area contributed by atoms with Gasteiger partial charge in [0.25, 0.3) is 0 Å². The first kappa shape index (κ1) is 18.9. The number of benzene rings is 2. The van der Waals surface area contributed by atoms with Crippen LogP contribution in [0.25, 0.3) is 6.08 Å². The van der Waals surface area contributed by atoms with Crippen molar-refractivity contribution in [1.82, 2.24) is 10.2 Å². The number of nitrogens with zero attached hydrogens (tertiary/aromatic N) is 1. The largest absolute Gasteiger partial charge is 0.497 e. The molecule has 0 fully saturated rings. The van der Waals surface area contributed by atoms with Crippen molar-refractivity contribution in [2.45, 2.75) is 6.54 Å². The van der Waals surface area contributed by atoms with Gasteiger partial charge in [0, 0.05) is 25.2 Å². The van der Waals surface area contributed by atoms with Gasteiger partial charge in [-0.15, -0.1) is 0 Å². The highest BCUT2D eigenvalue weighted by Crippen LogP contribution is 2.13. The molecule has 0 bridgehead atoms. The Hall–Kier alpha value is -2.43. The number of ketones is 1. The zero-order chi connectivity index (χ0) is 18.1. The molecule has 0 unspecified atom stereocenters. The summed E-state index contributed by atoms with van der Waals surface area (Å²) in [6, 6.07) is 15.4. The molecule has 0 saturated carbocycles. The Morgan fingerprint density at radius 3 is 2.60 bits per heavy atom. The van der Waals surface area contributed by atoms with E-state index in [1.807, 2.05) is 54.6 Å². The fourth-order valence-corrected chi connectivity index (χ4v) is 2.35. The van der Waals surface area contributed by atoms with E-state index in [4.69, 9.17) is 4.74 Å². The van der Waals surface area contributed by atoms with E-state index in [1.54, 1.807) is 13.2 Å².